The Balaban J connectivity index is 0.00000324. The largest absolute Gasteiger partial charge is 0.328 e. The van der Waals surface area contributed by atoms with Gasteiger partial charge in [0.25, 0.3) is 10.2 Å². The summed E-state index contributed by atoms with van der Waals surface area (Å²) in [4.78, 5) is 0. The summed E-state index contributed by atoms with van der Waals surface area (Å²) in [5.74, 6) is 0.456. The lowest BCUT2D eigenvalue weighted by molar-refractivity contribution is 0.239. The summed E-state index contributed by atoms with van der Waals surface area (Å²) < 4.78 is 27.7. The Bertz CT molecular complexity index is 341. The fourth-order valence-electron chi connectivity index (χ4n) is 2.33. The Labute approximate surface area is 124 Å². The molecule has 1 saturated heterocycles. The van der Waals surface area contributed by atoms with Gasteiger partial charge in [0.05, 0.1) is 0 Å². The molecule has 0 bridgehead atoms. The van der Waals surface area contributed by atoms with Crippen molar-refractivity contribution in [3.8, 4) is 0 Å². The van der Waals surface area contributed by atoms with Crippen molar-refractivity contribution < 1.29 is 8.42 Å². The number of unbranched alkanes of at least 4 members (excludes halogenated alkanes) is 1. The molecule has 0 amide bonds. The number of halogens is 1. The molecular formula is C12H28ClN3O2S. The van der Waals surface area contributed by atoms with Gasteiger partial charge < -0.3 is 5.73 Å². The summed E-state index contributed by atoms with van der Waals surface area (Å²) in [6, 6.07) is 0.160. The van der Waals surface area contributed by atoms with Crippen LogP contribution in [0.3, 0.4) is 0 Å². The van der Waals surface area contributed by atoms with Gasteiger partial charge in [-0.2, -0.15) is 17.0 Å². The van der Waals surface area contributed by atoms with Gasteiger partial charge in [0.1, 0.15) is 0 Å². The molecule has 1 unspecified atom stereocenters. The second-order valence-electron chi connectivity index (χ2n) is 5.28. The van der Waals surface area contributed by atoms with E-state index in [2.05, 4.69) is 6.92 Å². The van der Waals surface area contributed by atoms with Crippen molar-refractivity contribution in [3.05, 3.63) is 0 Å². The highest BCUT2D eigenvalue weighted by Crippen LogP contribution is 2.22. The topological polar surface area (TPSA) is 66.6 Å². The smallest absolute Gasteiger partial charge is 0.281 e. The molecule has 1 atom stereocenters. The predicted molar refractivity (Wildman–Crippen MR) is 81.7 cm³/mol. The third-order valence-electron chi connectivity index (χ3n) is 3.79. The lowest BCUT2D eigenvalue weighted by Crippen LogP contribution is -2.47. The van der Waals surface area contributed by atoms with Crippen LogP contribution in [0.4, 0.5) is 0 Å². The molecule has 19 heavy (non-hydrogen) atoms. The first-order valence-electron chi connectivity index (χ1n) is 6.86. The monoisotopic (exact) mass is 313 g/mol. The van der Waals surface area contributed by atoms with Gasteiger partial charge in [-0.3, -0.25) is 0 Å². The molecule has 2 N–H and O–H groups in total. The molecule has 1 aliphatic heterocycles. The Morgan fingerprint density at radius 1 is 1.37 bits per heavy atom. The fourth-order valence-corrected chi connectivity index (χ4v) is 3.75. The first-order valence-corrected chi connectivity index (χ1v) is 8.26. The summed E-state index contributed by atoms with van der Waals surface area (Å²) in [5, 5.41) is 0. The molecule has 1 heterocycles. The van der Waals surface area contributed by atoms with E-state index in [-0.39, 0.29) is 18.4 Å². The molecule has 7 heteroatoms. The molecular weight excluding hydrogens is 286 g/mol. The minimum Gasteiger partial charge on any atom is -0.328 e. The van der Waals surface area contributed by atoms with Gasteiger partial charge in [-0.1, -0.05) is 13.3 Å². The molecule has 116 valence electrons. The summed E-state index contributed by atoms with van der Waals surface area (Å²) >= 11 is 0. The van der Waals surface area contributed by atoms with Gasteiger partial charge in [0, 0.05) is 32.7 Å². The minimum atomic E-state index is -3.26. The second-order valence-corrected chi connectivity index (χ2v) is 7.31. The molecule has 1 aliphatic rings. The maximum atomic E-state index is 12.3. The van der Waals surface area contributed by atoms with Crippen LogP contribution in [0.5, 0.6) is 0 Å². The summed E-state index contributed by atoms with van der Waals surface area (Å²) in [6.07, 6.45) is 3.66. The molecule has 0 saturated carbocycles. The zero-order valence-corrected chi connectivity index (χ0v) is 13.8. The maximum Gasteiger partial charge on any atom is 0.281 e. The summed E-state index contributed by atoms with van der Waals surface area (Å²) in [6.45, 7) is 5.87. The maximum absolute atomic E-state index is 12.3. The summed E-state index contributed by atoms with van der Waals surface area (Å²) in [5.41, 5.74) is 5.87. The molecule has 0 spiro atoms. The Morgan fingerprint density at radius 3 is 2.32 bits per heavy atom. The molecule has 0 aromatic rings. The van der Waals surface area contributed by atoms with Gasteiger partial charge in [0.2, 0.25) is 0 Å². The zero-order chi connectivity index (χ0) is 13.8. The van der Waals surface area contributed by atoms with Gasteiger partial charge in [-0.05, 0) is 32.1 Å². The van der Waals surface area contributed by atoms with Crippen LogP contribution in [0.1, 0.15) is 39.5 Å². The Kier molecular flexibility index (Phi) is 8.47. The number of rotatable bonds is 6. The average Bonchev–Trinajstić information content (AvgIpc) is 2.35. The number of nitrogens with two attached hydrogens (primary N) is 1. The van der Waals surface area contributed by atoms with Crippen molar-refractivity contribution in [2.24, 2.45) is 11.7 Å². The zero-order valence-electron chi connectivity index (χ0n) is 12.2. The van der Waals surface area contributed by atoms with Crippen LogP contribution in [0.25, 0.3) is 0 Å². The molecule has 0 aromatic heterocycles. The van der Waals surface area contributed by atoms with Crippen LogP contribution in [-0.4, -0.2) is 49.8 Å². The third-order valence-corrected chi connectivity index (χ3v) is 5.78. The molecule has 0 aromatic carbocycles. The highest BCUT2D eigenvalue weighted by atomic mass is 35.5. The van der Waals surface area contributed by atoms with Crippen LogP contribution in [0.2, 0.25) is 0 Å². The van der Waals surface area contributed by atoms with Gasteiger partial charge >= 0.3 is 0 Å². The van der Waals surface area contributed by atoms with Gasteiger partial charge in [-0.15, -0.1) is 12.4 Å². The van der Waals surface area contributed by atoms with E-state index in [4.69, 9.17) is 5.73 Å². The predicted octanol–water partition coefficient (Wildman–Crippen LogP) is 1.44. The Morgan fingerprint density at radius 2 is 1.89 bits per heavy atom. The highest BCUT2D eigenvalue weighted by molar-refractivity contribution is 7.86. The van der Waals surface area contributed by atoms with Crippen LogP contribution in [0, 0.1) is 5.92 Å². The summed E-state index contributed by atoms with van der Waals surface area (Å²) in [7, 11) is -1.59. The van der Waals surface area contributed by atoms with E-state index in [1.165, 1.54) is 4.31 Å². The molecule has 0 aliphatic carbocycles. The van der Waals surface area contributed by atoms with Crippen molar-refractivity contribution >= 4 is 22.6 Å². The van der Waals surface area contributed by atoms with E-state index in [0.717, 1.165) is 25.7 Å². The number of piperidine rings is 1. The number of hydrogen-bond acceptors (Lipinski definition) is 3. The lowest BCUT2D eigenvalue weighted by atomic mass is 9.92. The molecule has 1 fully saturated rings. The fraction of sp³-hybridized carbons (Fsp3) is 1.00. The van der Waals surface area contributed by atoms with Crippen LogP contribution >= 0.6 is 12.4 Å². The Hall–Kier alpha value is 0.120. The van der Waals surface area contributed by atoms with E-state index < -0.39 is 10.2 Å². The first kappa shape index (κ1) is 19.1. The van der Waals surface area contributed by atoms with E-state index in [1.54, 1.807) is 11.4 Å². The van der Waals surface area contributed by atoms with Crippen LogP contribution < -0.4 is 5.73 Å². The SMILES string of the molecule is CCCCN(C)S(=O)(=O)N1CCC(C(C)N)CC1.Cl. The number of hydrogen-bond donors (Lipinski definition) is 1. The van der Waals surface area contributed by atoms with Gasteiger partial charge in [0.15, 0.2) is 0 Å². The molecule has 1 rings (SSSR count). The molecule has 5 nitrogen and oxygen atoms in total. The van der Waals surface area contributed by atoms with E-state index in [0.29, 0.717) is 25.6 Å². The molecule has 0 radical (unpaired) electrons. The normalized spacial score (nSPS) is 20.3. The van der Waals surface area contributed by atoms with Crippen LogP contribution in [0.15, 0.2) is 0 Å². The second kappa shape index (κ2) is 8.42. The first-order chi connectivity index (χ1) is 8.39. The van der Waals surface area contributed by atoms with E-state index >= 15 is 0 Å². The van der Waals surface area contributed by atoms with Crippen molar-refractivity contribution in [1.82, 2.24) is 8.61 Å². The quantitative estimate of drug-likeness (QED) is 0.807. The van der Waals surface area contributed by atoms with E-state index in [1.807, 2.05) is 6.92 Å². The minimum absolute atomic E-state index is 0. The standard InChI is InChI=1S/C12H27N3O2S.ClH/c1-4-5-8-14(3)18(16,17)15-9-6-12(7-10-15)11(2)13;/h11-12H,4-10,13H2,1-3H3;1H. The van der Waals surface area contributed by atoms with Crippen molar-refractivity contribution in [3.63, 3.8) is 0 Å². The van der Waals surface area contributed by atoms with Gasteiger partial charge in [-0.25, -0.2) is 0 Å². The van der Waals surface area contributed by atoms with Crippen LogP contribution in [-0.2, 0) is 10.2 Å². The van der Waals surface area contributed by atoms with Crippen molar-refractivity contribution in [2.45, 2.75) is 45.6 Å². The van der Waals surface area contributed by atoms with Crippen molar-refractivity contribution in [1.29, 1.82) is 0 Å². The average molecular weight is 314 g/mol. The third kappa shape index (κ3) is 5.19. The highest BCUT2D eigenvalue weighted by Gasteiger charge is 2.31. The van der Waals surface area contributed by atoms with E-state index in [9.17, 15) is 8.42 Å². The number of nitrogens with zero attached hydrogens (tertiary/aromatic N) is 2. The lowest BCUT2D eigenvalue weighted by Gasteiger charge is -2.35. The van der Waals surface area contributed by atoms with Crippen molar-refractivity contribution in [2.75, 3.05) is 26.7 Å².